The molecule has 2 aromatic heterocycles. The third-order valence-electron chi connectivity index (χ3n) is 4.03. The Balaban J connectivity index is 1.40. The Kier molecular flexibility index (Phi) is 6.67. The summed E-state index contributed by atoms with van der Waals surface area (Å²) in [7, 11) is 1.74. The van der Waals surface area contributed by atoms with Crippen molar-refractivity contribution >= 4 is 5.96 Å². The zero-order valence-electron chi connectivity index (χ0n) is 16.4. The number of nitrogens with one attached hydrogen (secondary N) is 3. The monoisotopic (exact) mass is 382 g/mol. The van der Waals surface area contributed by atoms with Crippen LogP contribution in [0.4, 0.5) is 0 Å². The number of ether oxygens (including phenoxy) is 1. The number of hydrogen-bond donors (Lipinski definition) is 3. The lowest BCUT2D eigenvalue weighted by Gasteiger charge is -2.18. The molecule has 3 N–H and O–H groups in total. The smallest absolute Gasteiger partial charge is 0.216 e. The zero-order valence-corrected chi connectivity index (χ0v) is 16.4. The number of nitrogens with zero attached hydrogens (tertiary/aromatic N) is 3. The standard InChI is InChI=1S/C20H26N6O2/c1-14-6-4-7-16(12-14)28-15(2)13-23-20(21-3)22-10-9-18-24-19(26-25-18)17-8-5-11-27-17/h4-8,11-12,15H,9-10,13H2,1-3H3,(H2,21,22,23)(H,24,25,26). The summed E-state index contributed by atoms with van der Waals surface area (Å²) >= 11 is 0. The molecule has 3 rings (SSSR count). The maximum absolute atomic E-state index is 5.92. The van der Waals surface area contributed by atoms with Crippen LogP contribution in [0.1, 0.15) is 18.3 Å². The van der Waals surface area contributed by atoms with Gasteiger partial charge in [0.25, 0.3) is 0 Å². The van der Waals surface area contributed by atoms with Gasteiger partial charge in [0.1, 0.15) is 17.7 Å². The van der Waals surface area contributed by atoms with E-state index in [1.165, 1.54) is 5.56 Å². The molecule has 0 fully saturated rings. The van der Waals surface area contributed by atoms with Gasteiger partial charge in [-0.25, -0.2) is 4.98 Å². The van der Waals surface area contributed by atoms with E-state index >= 15 is 0 Å². The molecule has 3 aromatic rings. The lowest BCUT2D eigenvalue weighted by molar-refractivity contribution is 0.223. The molecule has 148 valence electrons. The van der Waals surface area contributed by atoms with Gasteiger partial charge in [-0.2, -0.15) is 5.10 Å². The van der Waals surface area contributed by atoms with Crippen LogP contribution in [-0.2, 0) is 6.42 Å². The van der Waals surface area contributed by atoms with Gasteiger partial charge in [0.15, 0.2) is 11.7 Å². The van der Waals surface area contributed by atoms with Crippen LogP contribution >= 0.6 is 0 Å². The minimum absolute atomic E-state index is 0.00507. The fourth-order valence-corrected chi connectivity index (χ4v) is 2.65. The van der Waals surface area contributed by atoms with Crippen LogP contribution in [0, 0.1) is 6.92 Å². The highest BCUT2D eigenvalue weighted by atomic mass is 16.5. The summed E-state index contributed by atoms with van der Waals surface area (Å²) < 4.78 is 11.2. The molecule has 0 aliphatic rings. The molecule has 0 spiro atoms. The van der Waals surface area contributed by atoms with Crippen LogP contribution in [0.15, 0.2) is 52.1 Å². The molecule has 1 atom stereocenters. The van der Waals surface area contributed by atoms with Gasteiger partial charge in [0.2, 0.25) is 5.82 Å². The highest BCUT2D eigenvalue weighted by Gasteiger charge is 2.09. The van der Waals surface area contributed by atoms with Crippen LogP contribution < -0.4 is 15.4 Å². The van der Waals surface area contributed by atoms with Crippen LogP contribution in [0.5, 0.6) is 5.75 Å². The summed E-state index contributed by atoms with van der Waals surface area (Å²) in [4.78, 5) is 8.66. The van der Waals surface area contributed by atoms with E-state index in [9.17, 15) is 0 Å². The van der Waals surface area contributed by atoms with Gasteiger partial charge in [0, 0.05) is 20.0 Å². The maximum atomic E-state index is 5.92. The summed E-state index contributed by atoms with van der Waals surface area (Å²) in [5, 5.41) is 13.6. The Bertz CT molecular complexity index is 888. The van der Waals surface area contributed by atoms with Gasteiger partial charge < -0.3 is 19.8 Å². The second-order valence-electron chi connectivity index (χ2n) is 6.46. The summed E-state index contributed by atoms with van der Waals surface area (Å²) in [6.45, 7) is 5.37. The van der Waals surface area contributed by atoms with Crippen molar-refractivity contribution < 1.29 is 9.15 Å². The van der Waals surface area contributed by atoms with Gasteiger partial charge >= 0.3 is 0 Å². The number of aryl methyl sites for hydroxylation is 1. The first-order chi connectivity index (χ1) is 13.6. The van der Waals surface area contributed by atoms with Crippen LogP contribution in [0.2, 0.25) is 0 Å². The van der Waals surface area contributed by atoms with E-state index in [1.54, 1.807) is 13.3 Å². The van der Waals surface area contributed by atoms with Gasteiger partial charge in [-0.15, -0.1) is 0 Å². The molecule has 28 heavy (non-hydrogen) atoms. The molecule has 8 nitrogen and oxygen atoms in total. The second kappa shape index (κ2) is 9.59. The molecular formula is C20H26N6O2. The number of aromatic nitrogens is 3. The predicted molar refractivity (Wildman–Crippen MR) is 108 cm³/mol. The van der Waals surface area contributed by atoms with Crippen LogP contribution in [0.25, 0.3) is 11.6 Å². The molecule has 1 unspecified atom stereocenters. The summed E-state index contributed by atoms with van der Waals surface area (Å²) in [6.07, 6.45) is 2.29. The van der Waals surface area contributed by atoms with Gasteiger partial charge in [-0.05, 0) is 43.7 Å². The number of aliphatic imine (C=N–C) groups is 1. The molecule has 0 amide bonds. The minimum Gasteiger partial charge on any atom is -0.489 e. The fourth-order valence-electron chi connectivity index (χ4n) is 2.65. The number of H-pyrrole nitrogens is 1. The zero-order chi connectivity index (χ0) is 19.8. The SMILES string of the molecule is CN=C(NCCc1nc(-c2ccco2)n[nH]1)NCC(C)Oc1cccc(C)c1. The van der Waals surface area contributed by atoms with E-state index in [2.05, 4.69) is 30.8 Å². The van der Waals surface area contributed by atoms with Crippen molar-refractivity contribution in [3.8, 4) is 17.3 Å². The van der Waals surface area contributed by atoms with Crippen molar-refractivity contribution in [1.29, 1.82) is 0 Å². The molecule has 1 aromatic carbocycles. The molecule has 0 saturated carbocycles. The second-order valence-corrected chi connectivity index (χ2v) is 6.46. The average molecular weight is 382 g/mol. The van der Waals surface area contributed by atoms with Crippen LogP contribution in [-0.4, -0.2) is 47.4 Å². The maximum Gasteiger partial charge on any atom is 0.216 e. The largest absolute Gasteiger partial charge is 0.489 e. The third-order valence-corrected chi connectivity index (χ3v) is 4.03. The Morgan fingerprint density at radius 3 is 2.93 bits per heavy atom. The van der Waals surface area contributed by atoms with E-state index < -0.39 is 0 Å². The van der Waals surface area contributed by atoms with E-state index in [0.717, 1.165) is 11.6 Å². The summed E-state index contributed by atoms with van der Waals surface area (Å²) in [6, 6.07) is 11.7. The Hall–Kier alpha value is -3.29. The minimum atomic E-state index is 0.00507. The van der Waals surface area contributed by atoms with E-state index in [0.29, 0.717) is 37.1 Å². The van der Waals surface area contributed by atoms with Gasteiger partial charge in [0.05, 0.1) is 12.8 Å². The first-order valence-corrected chi connectivity index (χ1v) is 9.27. The quantitative estimate of drug-likeness (QED) is 0.409. The summed E-state index contributed by atoms with van der Waals surface area (Å²) in [5.74, 6) is 3.58. The molecule has 8 heteroatoms. The van der Waals surface area contributed by atoms with Crippen molar-refractivity contribution in [2.45, 2.75) is 26.4 Å². The van der Waals surface area contributed by atoms with Crippen molar-refractivity contribution in [1.82, 2.24) is 25.8 Å². The van der Waals surface area contributed by atoms with Crippen molar-refractivity contribution in [3.63, 3.8) is 0 Å². The number of benzene rings is 1. The van der Waals surface area contributed by atoms with Crippen molar-refractivity contribution in [3.05, 3.63) is 54.0 Å². The normalized spacial score (nSPS) is 12.6. The molecule has 2 heterocycles. The van der Waals surface area contributed by atoms with Crippen molar-refractivity contribution in [2.24, 2.45) is 4.99 Å². The van der Waals surface area contributed by atoms with E-state index in [-0.39, 0.29) is 6.10 Å². The lowest BCUT2D eigenvalue weighted by atomic mass is 10.2. The highest BCUT2D eigenvalue weighted by molar-refractivity contribution is 5.79. The molecule has 0 saturated heterocycles. The number of aromatic amines is 1. The lowest BCUT2D eigenvalue weighted by Crippen LogP contribution is -2.42. The number of hydrogen-bond acceptors (Lipinski definition) is 5. The summed E-state index contributed by atoms with van der Waals surface area (Å²) in [5.41, 5.74) is 1.18. The fraction of sp³-hybridized carbons (Fsp3) is 0.350. The first kappa shape index (κ1) is 19.5. The van der Waals surface area contributed by atoms with Crippen LogP contribution in [0.3, 0.4) is 0 Å². The first-order valence-electron chi connectivity index (χ1n) is 9.27. The number of rotatable bonds is 8. The Labute approximate surface area is 164 Å². The van der Waals surface area contributed by atoms with Gasteiger partial charge in [-0.1, -0.05) is 12.1 Å². The highest BCUT2D eigenvalue weighted by Crippen LogP contribution is 2.15. The molecule has 0 aliphatic carbocycles. The Morgan fingerprint density at radius 2 is 2.18 bits per heavy atom. The molecule has 0 radical (unpaired) electrons. The predicted octanol–water partition coefficient (Wildman–Crippen LogP) is 2.55. The number of furan rings is 1. The van der Waals surface area contributed by atoms with E-state index in [1.807, 2.05) is 50.2 Å². The molecule has 0 aliphatic heterocycles. The van der Waals surface area contributed by atoms with E-state index in [4.69, 9.17) is 9.15 Å². The van der Waals surface area contributed by atoms with Gasteiger partial charge in [-0.3, -0.25) is 10.1 Å². The number of guanidine groups is 1. The topological polar surface area (TPSA) is 100 Å². The molecular weight excluding hydrogens is 356 g/mol. The van der Waals surface area contributed by atoms with Crippen molar-refractivity contribution in [2.75, 3.05) is 20.1 Å². The Morgan fingerprint density at radius 1 is 1.29 bits per heavy atom. The average Bonchev–Trinajstić information content (AvgIpc) is 3.36. The third kappa shape index (κ3) is 5.60. The molecule has 0 bridgehead atoms.